The minimum atomic E-state index is 0.605. The maximum Gasteiger partial charge on any atom is 0.0554 e. The zero-order chi connectivity index (χ0) is 10.8. The van der Waals surface area contributed by atoms with Gasteiger partial charge in [-0.2, -0.15) is 0 Å². The van der Waals surface area contributed by atoms with Gasteiger partial charge >= 0.3 is 0 Å². The normalized spacial score (nSPS) is 10.2. The fraction of sp³-hybridized carbons (Fsp3) is 0.0833. The molecule has 0 aliphatic heterocycles. The average molecular weight is 199 g/mol. The van der Waals surface area contributed by atoms with Gasteiger partial charge in [-0.15, -0.1) is 0 Å². The van der Waals surface area contributed by atoms with Gasteiger partial charge in [0.05, 0.1) is 11.4 Å². The fourth-order valence-electron chi connectivity index (χ4n) is 1.39. The number of aromatic nitrogens is 1. The molecule has 2 rings (SSSR count). The van der Waals surface area contributed by atoms with E-state index in [1.165, 1.54) is 0 Å². The van der Waals surface area contributed by atoms with Crippen LogP contribution in [0.3, 0.4) is 0 Å². The van der Waals surface area contributed by atoms with Crippen molar-refractivity contribution >= 4 is 11.4 Å². The summed E-state index contributed by atoms with van der Waals surface area (Å²) in [4.78, 5) is 4.24. The number of hydrogen-bond acceptors (Lipinski definition) is 3. The van der Waals surface area contributed by atoms with Crippen LogP contribution in [0.1, 0.15) is 5.69 Å². The minimum Gasteiger partial charge on any atom is -0.397 e. The summed E-state index contributed by atoms with van der Waals surface area (Å²) in [7, 11) is 0. The van der Waals surface area contributed by atoms with Crippen LogP contribution in [0, 0.1) is 6.92 Å². The topological polar surface area (TPSA) is 64.9 Å². The number of hydrogen-bond donors (Lipinski definition) is 2. The monoisotopic (exact) mass is 199 g/mol. The summed E-state index contributed by atoms with van der Waals surface area (Å²) < 4.78 is 0. The van der Waals surface area contributed by atoms with Gasteiger partial charge in [0.2, 0.25) is 0 Å². The Hall–Kier alpha value is -2.03. The molecule has 0 bridgehead atoms. The van der Waals surface area contributed by atoms with E-state index in [1.807, 2.05) is 43.5 Å². The van der Waals surface area contributed by atoms with Crippen LogP contribution in [-0.4, -0.2) is 4.98 Å². The van der Waals surface area contributed by atoms with Gasteiger partial charge in [0, 0.05) is 17.5 Å². The lowest BCUT2D eigenvalue weighted by Crippen LogP contribution is -1.94. The molecule has 3 nitrogen and oxygen atoms in total. The molecule has 2 aromatic rings. The lowest BCUT2D eigenvalue weighted by atomic mass is 10.1. The van der Waals surface area contributed by atoms with E-state index in [1.54, 1.807) is 0 Å². The molecular weight excluding hydrogens is 186 g/mol. The van der Waals surface area contributed by atoms with E-state index in [0.717, 1.165) is 16.8 Å². The van der Waals surface area contributed by atoms with E-state index in [0.29, 0.717) is 11.4 Å². The number of rotatable bonds is 1. The number of nitrogens with two attached hydrogens (primary N) is 2. The van der Waals surface area contributed by atoms with E-state index >= 15 is 0 Å². The molecule has 0 aliphatic rings. The van der Waals surface area contributed by atoms with Crippen molar-refractivity contribution in [2.24, 2.45) is 0 Å². The first-order chi connectivity index (χ1) is 7.16. The van der Waals surface area contributed by atoms with Crippen LogP contribution in [0.2, 0.25) is 0 Å². The molecule has 0 saturated carbocycles. The molecule has 76 valence electrons. The van der Waals surface area contributed by atoms with E-state index in [-0.39, 0.29) is 0 Å². The van der Waals surface area contributed by atoms with E-state index in [2.05, 4.69) is 4.98 Å². The van der Waals surface area contributed by atoms with Crippen LogP contribution in [0.15, 0.2) is 36.5 Å². The summed E-state index contributed by atoms with van der Waals surface area (Å²) in [6.07, 6.45) is 1.83. The maximum atomic E-state index is 5.74. The van der Waals surface area contributed by atoms with E-state index in [9.17, 15) is 0 Å². The molecule has 15 heavy (non-hydrogen) atoms. The minimum absolute atomic E-state index is 0.605. The van der Waals surface area contributed by atoms with Crippen molar-refractivity contribution in [3.63, 3.8) is 0 Å². The van der Waals surface area contributed by atoms with Crippen molar-refractivity contribution < 1.29 is 0 Å². The Kier molecular flexibility index (Phi) is 2.29. The Labute approximate surface area is 88.8 Å². The molecule has 0 aliphatic carbocycles. The highest BCUT2D eigenvalue weighted by molar-refractivity contribution is 5.74. The van der Waals surface area contributed by atoms with Gasteiger partial charge in [0.1, 0.15) is 0 Å². The molecule has 0 radical (unpaired) electrons. The molecule has 0 atom stereocenters. The second-order valence-corrected chi connectivity index (χ2v) is 3.53. The number of nitrogens with zero attached hydrogens (tertiary/aromatic N) is 1. The van der Waals surface area contributed by atoms with Gasteiger partial charge in [-0.1, -0.05) is 12.1 Å². The van der Waals surface area contributed by atoms with Gasteiger partial charge in [-0.25, -0.2) is 0 Å². The van der Waals surface area contributed by atoms with Gasteiger partial charge < -0.3 is 11.5 Å². The predicted octanol–water partition coefficient (Wildman–Crippen LogP) is 2.22. The van der Waals surface area contributed by atoms with Crippen molar-refractivity contribution in [3.8, 4) is 11.1 Å². The molecule has 1 aromatic carbocycles. The molecule has 0 unspecified atom stereocenters. The molecular formula is C12H13N3. The Balaban J connectivity index is 2.45. The number of aryl methyl sites for hydroxylation is 1. The summed E-state index contributed by atoms with van der Waals surface area (Å²) in [5, 5.41) is 0. The second kappa shape index (κ2) is 3.61. The van der Waals surface area contributed by atoms with Crippen LogP contribution < -0.4 is 11.5 Å². The van der Waals surface area contributed by atoms with Gasteiger partial charge in [-0.05, 0) is 30.7 Å². The average Bonchev–Trinajstić information content (AvgIpc) is 2.23. The van der Waals surface area contributed by atoms with Crippen molar-refractivity contribution in [1.82, 2.24) is 4.98 Å². The highest BCUT2D eigenvalue weighted by Crippen LogP contribution is 2.24. The van der Waals surface area contributed by atoms with Crippen molar-refractivity contribution in [2.45, 2.75) is 6.92 Å². The standard InChI is InChI=1S/C12H13N3/c1-8-2-3-10(7-15-8)9-4-5-11(13)12(14)6-9/h2-7H,13-14H2,1H3. The lowest BCUT2D eigenvalue weighted by molar-refractivity contribution is 1.20. The quantitative estimate of drug-likeness (QED) is 0.692. The molecule has 0 saturated heterocycles. The molecule has 3 heteroatoms. The number of benzene rings is 1. The van der Waals surface area contributed by atoms with Crippen LogP contribution in [0.5, 0.6) is 0 Å². The summed E-state index contributed by atoms with van der Waals surface area (Å²) in [6, 6.07) is 9.61. The Bertz CT molecular complexity index is 475. The van der Waals surface area contributed by atoms with Crippen molar-refractivity contribution in [1.29, 1.82) is 0 Å². The predicted molar refractivity (Wildman–Crippen MR) is 63.2 cm³/mol. The Morgan fingerprint density at radius 1 is 0.933 bits per heavy atom. The first-order valence-electron chi connectivity index (χ1n) is 4.75. The molecule has 0 spiro atoms. The lowest BCUT2D eigenvalue weighted by Gasteiger charge is -2.05. The van der Waals surface area contributed by atoms with Crippen LogP contribution in [0.25, 0.3) is 11.1 Å². The summed E-state index contributed by atoms with van der Waals surface area (Å²) in [5.74, 6) is 0. The summed E-state index contributed by atoms with van der Waals surface area (Å²) in [6.45, 7) is 1.96. The number of pyridine rings is 1. The zero-order valence-corrected chi connectivity index (χ0v) is 8.57. The molecule has 0 fully saturated rings. The maximum absolute atomic E-state index is 5.74. The number of nitrogen functional groups attached to an aromatic ring is 2. The van der Waals surface area contributed by atoms with Crippen molar-refractivity contribution in [3.05, 3.63) is 42.2 Å². The highest BCUT2D eigenvalue weighted by Gasteiger charge is 2.00. The van der Waals surface area contributed by atoms with E-state index in [4.69, 9.17) is 11.5 Å². The highest BCUT2D eigenvalue weighted by atomic mass is 14.7. The van der Waals surface area contributed by atoms with Crippen LogP contribution in [0.4, 0.5) is 11.4 Å². The molecule has 1 heterocycles. The third kappa shape index (κ3) is 1.91. The second-order valence-electron chi connectivity index (χ2n) is 3.53. The summed E-state index contributed by atoms with van der Waals surface area (Å²) in [5.41, 5.74) is 15.7. The number of anilines is 2. The third-order valence-electron chi connectivity index (χ3n) is 2.33. The summed E-state index contributed by atoms with van der Waals surface area (Å²) >= 11 is 0. The SMILES string of the molecule is Cc1ccc(-c2ccc(N)c(N)c2)cn1. The molecule has 0 amide bonds. The zero-order valence-electron chi connectivity index (χ0n) is 8.57. The Morgan fingerprint density at radius 3 is 2.27 bits per heavy atom. The van der Waals surface area contributed by atoms with Crippen LogP contribution >= 0.6 is 0 Å². The van der Waals surface area contributed by atoms with Crippen molar-refractivity contribution in [2.75, 3.05) is 11.5 Å². The third-order valence-corrected chi connectivity index (χ3v) is 2.33. The first kappa shape index (κ1) is 9.52. The van der Waals surface area contributed by atoms with Gasteiger partial charge in [-0.3, -0.25) is 4.98 Å². The van der Waals surface area contributed by atoms with E-state index < -0.39 is 0 Å². The van der Waals surface area contributed by atoms with Crippen LogP contribution in [-0.2, 0) is 0 Å². The molecule has 1 aromatic heterocycles. The fourth-order valence-corrected chi connectivity index (χ4v) is 1.39. The molecule has 4 N–H and O–H groups in total. The largest absolute Gasteiger partial charge is 0.397 e. The smallest absolute Gasteiger partial charge is 0.0554 e. The first-order valence-corrected chi connectivity index (χ1v) is 4.75. The van der Waals surface area contributed by atoms with Gasteiger partial charge in [0.15, 0.2) is 0 Å². The Morgan fingerprint density at radius 2 is 1.67 bits per heavy atom. The van der Waals surface area contributed by atoms with Gasteiger partial charge in [0.25, 0.3) is 0 Å².